The van der Waals surface area contributed by atoms with E-state index in [1.165, 1.54) is 11.3 Å². The Hall–Kier alpha value is -2.38. The van der Waals surface area contributed by atoms with Gasteiger partial charge in [0.1, 0.15) is 6.54 Å². The Morgan fingerprint density at radius 2 is 2.00 bits per heavy atom. The van der Waals surface area contributed by atoms with Crippen LogP contribution in [0.4, 0.5) is 10.5 Å². The minimum absolute atomic E-state index is 0.293. The van der Waals surface area contributed by atoms with E-state index in [2.05, 4.69) is 5.32 Å². The summed E-state index contributed by atoms with van der Waals surface area (Å²) in [5.74, 6) is -0.834. The topological polar surface area (TPSA) is 66.5 Å². The van der Waals surface area contributed by atoms with Crippen LogP contribution >= 0.6 is 23.1 Å². The fourth-order valence-electron chi connectivity index (χ4n) is 2.31. The molecule has 3 amide bonds. The molecule has 1 aliphatic rings. The van der Waals surface area contributed by atoms with Crippen molar-refractivity contribution in [1.29, 1.82) is 0 Å². The number of imide groups is 1. The van der Waals surface area contributed by atoms with Gasteiger partial charge in [0.15, 0.2) is 0 Å². The highest BCUT2D eigenvalue weighted by Gasteiger charge is 2.36. The molecule has 1 aliphatic heterocycles. The molecule has 1 aromatic heterocycles. The van der Waals surface area contributed by atoms with Crippen molar-refractivity contribution in [3.63, 3.8) is 0 Å². The van der Waals surface area contributed by atoms with E-state index < -0.39 is 17.1 Å². The maximum atomic E-state index is 12.4. The zero-order valence-electron chi connectivity index (χ0n) is 13.7. The number of carbonyl (C=O) groups is 3. The second-order valence-corrected chi connectivity index (χ2v) is 7.44. The smallest absolute Gasteiger partial charge is 0.294 e. The van der Waals surface area contributed by atoms with Gasteiger partial charge in [0.25, 0.3) is 11.1 Å². The number of nitrogens with one attached hydrogen (secondary N) is 1. The fraction of sp³-hybridized carbons (Fsp3) is 0.167. The van der Waals surface area contributed by atoms with Crippen molar-refractivity contribution in [2.45, 2.75) is 13.8 Å². The summed E-state index contributed by atoms with van der Waals surface area (Å²) in [5, 5.41) is 6.08. The largest absolute Gasteiger partial charge is 0.325 e. The molecule has 2 heterocycles. The number of rotatable bonds is 4. The summed E-state index contributed by atoms with van der Waals surface area (Å²) < 4.78 is 0. The van der Waals surface area contributed by atoms with Gasteiger partial charge < -0.3 is 5.32 Å². The standard InChI is InChI=1S/C18H16N2O3S2/c1-11-3-4-14(7-12(11)2)19-16(21)9-20-17(22)15(25-18(20)23)8-13-5-6-24-10-13/h3-8,10H,9H2,1-2H3,(H,19,21). The predicted molar refractivity (Wildman–Crippen MR) is 102 cm³/mol. The average Bonchev–Trinajstić information content (AvgIpc) is 3.15. The second kappa shape index (κ2) is 7.25. The second-order valence-electron chi connectivity index (χ2n) is 5.67. The molecule has 7 heteroatoms. The average molecular weight is 372 g/mol. The van der Waals surface area contributed by atoms with E-state index in [9.17, 15) is 14.4 Å². The van der Waals surface area contributed by atoms with E-state index in [4.69, 9.17) is 0 Å². The zero-order chi connectivity index (χ0) is 18.0. The number of carbonyl (C=O) groups excluding carboxylic acids is 3. The minimum Gasteiger partial charge on any atom is -0.325 e. The molecule has 0 aliphatic carbocycles. The number of amides is 3. The first kappa shape index (κ1) is 17.4. The number of benzene rings is 1. The minimum atomic E-state index is -0.434. The van der Waals surface area contributed by atoms with Crippen LogP contribution < -0.4 is 5.32 Å². The van der Waals surface area contributed by atoms with Crippen molar-refractivity contribution in [3.05, 3.63) is 56.6 Å². The van der Waals surface area contributed by atoms with Crippen LogP contribution in [0.25, 0.3) is 6.08 Å². The van der Waals surface area contributed by atoms with Crippen LogP contribution in [-0.2, 0) is 9.59 Å². The van der Waals surface area contributed by atoms with Crippen LogP contribution in [-0.4, -0.2) is 28.5 Å². The van der Waals surface area contributed by atoms with E-state index in [-0.39, 0.29) is 6.54 Å². The first-order chi connectivity index (χ1) is 11.9. The van der Waals surface area contributed by atoms with Gasteiger partial charge in [-0.05, 0) is 77.3 Å². The van der Waals surface area contributed by atoms with Gasteiger partial charge in [0.2, 0.25) is 5.91 Å². The molecule has 0 unspecified atom stereocenters. The zero-order valence-corrected chi connectivity index (χ0v) is 15.4. The van der Waals surface area contributed by atoms with Gasteiger partial charge in [0, 0.05) is 5.69 Å². The highest BCUT2D eigenvalue weighted by molar-refractivity contribution is 8.18. The van der Waals surface area contributed by atoms with Crippen molar-refractivity contribution in [2.75, 3.05) is 11.9 Å². The highest BCUT2D eigenvalue weighted by Crippen LogP contribution is 2.32. The van der Waals surface area contributed by atoms with Gasteiger partial charge in [-0.3, -0.25) is 19.3 Å². The van der Waals surface area contributed by atoms with Gasteiger partial charge in [-0.25, -0.2) is 0 Å². The van der Waals surface area contributed by atoms with Gasteiger partial charge in [-0.2, -0.15) is 11.3 Å². The summed E-state index contributed by atoms with van der Waals surface area (Å²) in [6.45, 7) is 3.65. The summed E-state index contributed by atoms with van der Waals surface area (Å²) in [4.78, 5) is 37.9. The monoisotopic (exact) mass is 372 g/mol. The Labute approximate surface area is 153 Å². The quantitative estimate of drug-likeness (QED) is 0.823. The first-order valence-corrected chi connectivity index (χ1v) is 9.34. The predicted octanol–water partition coefficient (Wildman–Crippen LogP) is 4.04. The molecule has 5 nitrogen and oxygen atoms in total. The Balaban J connectivity index is 1.67. The summed E-state index contributed by atoms with van der Waals surface area (Å²) in [6, 6.07) is 7.43. The molecular weight excluding hydrogens is 356 g/mol. The number of hydrogen-bond donors (Lipinski definition) is 1. The van der Waals surface area contributed by atoms with Gasteiger partial charge >= 0.3 is 0 Å². The molecular formula is C18H16N2O3S2. The van der Waals surface area contributed by atoms with E-state index in [1.54, 1.807) is 12.1 Å². The molecule has 0 spiro atoms. The van der Waals surface area contributed by atoms with E-state index in [0.717, 1.165) is 33.4 Å². The molecule has 0 atom stereocenters. The first-order valence-electron chi connectivity index (χ1n) is 7.59. The van der Waals surface area contributed by atoms with Crippen LogP contribution in [0, 0.1) is 13.8 Å². The lowest BCUT2D eigenvalue weighted by molar-refractivity contribution is -0.127. The third-order valence-corrected chi connectivity index (χ3v) is 5.42. The number of thiophene rings is 1. The SMILES string of the molecule is Cc1ccc(NC(=O)CN2C(=O)SC(=Cc3ccsc3)C2=O)cc1C. The van der Waals surface area contributed by atoms with E-state index >= 15 is 0 Å². The summed E-state index contributed by atoms with van der Waals surface area (Å²) in [7, 11) is 0. The summed E-state index contributed by atoms with van der Waals surface area (Å²) in [5.41, 5.74) is 3.70. The van der Waals surface area contributed by atoms with Crippen molar-refractivity contribution >= 4 is 51.9 Å². The molecule has 0 bridgehead atoms. The van der Waals surface area contributed by atoms with Crippen LogP contribution in [0.1, 0.15) is 16.7 Å². The van der Waals surface area contributed by atoms with E-state index in [0.29, 0.717) is 10.6 Å². The third-order valence-electron chi connectivity index (χ3n) is 3.81. The molecule has 25 heavy (non-hydrogen) atoms. The lowest BCUT2D eigenvalue weighted by Crippen LogP contribution is -2.36. The van der Waals surface area contributed by atoms with Gasteiger partial charge in [-0.1, -0.05) is 6.07 Å². The lowest BCUT2D eigenvalue weighted by Gasteiger charge is -2.13. The molecule has 0 radical (unpaired) electrons. The summed E-state index contributed by atoms with van der Waals surface area (Å²) >= 11 is 2.37. The number of thioether (sulfide) groups is 1. The number of nitrogens with zero attached hydrogens (tertiary/aromatic N) is 1. The highest BCUT2D eigenvalue weighted by atomic mass is 32.2. The van der Waals surface area contributed by atoms with Crippen molar-refractivity contribution < 1.29 is 14.4 Å². The molecule has 128 valence electrons. The molecule has 1 saturated heterocycles. The third kappa shape index (κ3) is 4.00. The van der Waals surface area contributed by atoms with Crippen molar-refractivity contribution in [3.8, 4) is 0 Å². The molecule has 0 saturated carbocycles. The van der Waals surface area contributed by atoms with Gasteiger partial charge in [0.05, 0.1) is 4.91 Å². The van der Waals surface area contributed by atoms with Crippen LogP contribution in [0.15, 0.2) is 39.9 Å². The number of aryl methyl sites for hydroxylation is 2. The molecule has 1 fully saturated rings. The Kier molecular flexibility index (Phi) is 5.06. The Bertz CT molecular complexity index is 872. The van der Waals surface area contributed by atoms with Crippen molar-refractivity contribution in [1.82, 2.24) is 4.90 Å². The van der Waals surface area contributed by atoms with Crippen LogP contribution in [0.2, 0.25) is 0 Å². The lowest BCUT2D eigenvalue weighted by atomic mass is 10.1. The van der Waals surface area contributed by atoms with Gasteiger partial charge in [-0.15, -0.1) is 0 Å². The molecule has 3 rings (SSSR count). The summed E-state index contributed by atoms with van der Waals surface area (Å²) in [6.07, 6.45) is 1.67. The van der Waals surface area contributed by atoms with Crippen LogP contribution in [0.3, 0.4) is 0 Å². The molecule has 1 N–H and O–H groups in total. The number of anilines is 1. The fourth-order valence-corrected chi connectivity index (χ4v) is 3.76. The normalized spacial score (nSPS) is 15.9. The Morgan fingerprint density at radius 1 is 1.20 bits per heavy atom. The maximum Gasteiger partial charge on any atom is 0.294 e. The van der Waals surface area contributed by atoms with Crippen LogP contribution in [0.5, 0.6) is 0 Å². The molecule has 2 aromatic rings. The van der Waals surface area contributed by atoms with E-state index in [1.807, 2.05) is 42.8 Å². The Morgan fingerprint density at radius 3 is 2.68 bits per heavy atom. The number of hydrogen-bond acceptors (Lipinski definition) is 5. The van der Waals surface area contributed by atoms with Crippen molar-refractivity contribution in [2.24, 2.45) is 0 Å². The molecule has 1 aromatic carbocycles. The maximum absolute atomic E-state index is 12.4.